The Labute approximate surface area is 221 Å². The van der Waals surface area contributed by atoms with Crippen LogP contribution in [-0.2, 0) is 17.8 Å². The molecule has 3 rings (SSSR count). The number of hydrogen-bond donors (Lipinski definition) is 2. The van der Waals surface area contributed by atoms with Gasteiger partial charge < -0.3 is 15.5 Å². The van der Waals surface area contributed by atoms with Gasteiger partial charge in [-0.3, -0.25) is 4.79 Å². The molecule has 0 bridgehead atoms. The molecular formula is C31H51N3O2. The van der Waals surface area contributed by atoms with Crippen molar-refractivity contribution in [1.82, 2.24) is 10.2 Å². The van der Waals surface area contributed by atoms with Gasteiger partial charge in [-0.15, -0.1) is 0 Å². The fourth-order valence-electron chi connectivity index (χ4n) is 4.05. The molecule has 2 aromatic rings. The van der Waals surface area contributed by atoms with Crippen LogP contribution in [0.4, 0.5) is 10.5 Å². The molecule has 0 saturated heterocycles. The lowest BCUT2D eigenvalue weighted by Crippen LogP contribution is -2.58. The minimum Gasteiger partial charge on any atom is -0.333 e. The largest absolute Gasteiger partial charge is 0.333 e. The summed E-state index contributed by atoms with van der Waals surface area (Å²) in [6.45, 7) is 22.6. The van der Waals surface area contributed by atoms with Gasteiger partial charge in [-0.25, -0.2) is 4.79 Å². The molecule has 0 radical (unpaired) electrons. The third-order valence-corrected chi connectivity index (χ3v) is 5.77. The fourth-order valence-corrected chi connectivity index (χ4v) is 4.05. The maximum absolute atomic E-state index is 13.6. The van der Waals surface area contributed by atoms with Gasteiger partial charge in [-0.2, -0.15) is 0 Å². The van der Waals surface area contributed by atoms with Crippen molar-refractivity contribution < 1.29 is 9.59 Å². The Kier molecular flexibility index (Phi) is 15.5. The van der Waals surface area contributed by atoms with Crippen molar-refractivity contribution in [2.75, 3.05) is 5.32 Å². The number of anilines is 1. The summed E-state index contributed by atoms with van der Waals surface area (Å²) < 4.78 is 0. The summed E-state index contributed by atoms with van der Waals surface area (Å²) in [6, 6.07) is 15.1. The number of fused-ring (bicyclic) bond motifs is 1. The van der Waals surface area contributed by atoms with Crippen LogP contribution in [0.15, 0.2) is 48.5 Å². The first-order chi connectivity index (χ1) is 17.2. The van der Waals surface area contributed by atoms with Gasteiger partial charge in [-0.05, 0) is 54.0 Å². The summed E-state index contributed by atoms with van der Waals surface area (Å²) in [6.07, 6.45) is 1.73. The molecule has 1 heterocycles. The Morgan fingerprint density at radius 2 is 1.53 bits per heavy atom. The highest BCUT2D eigenvalue weighted by molar-refractivity contribution is 5.94. The maximum Gasteiger partial charge on any atom is 0.319 e. The van der Waals surface area contributed by atoms with E-state index in [9.17, 15) is 9.59 Å². The molecular weight excluding hydrogens is 446 g/mol. The molecule has 5 heteroatoms. The first-order valence-corrected chi connectivity index (χ1v) is 13.7. The van der Waals surface area contributed by atoms with Crippen molar-refractivity contribution in [2.24, 2.45) is 5.41 Å². The van der Waals surface area contributed by atoms with Gasteiger partial charge in [0.25, 0.3) is 0 Å². The molecule has 1 aliphatic heterocycles. The molecule has 0 aliphatic carbocycles. The van der Waals surface area contributed by atoms with Gasteiger partial charge in [0.2, 0.25) is 5.91 Å². The van der Waals surface area contributed by atoms with Crippen molar-refractivity contribution in [1.29, 1.82) is 0 Å². The van der Waals surface area contributed by atoms with Crippen LogP contribution in [0.1, 0.15) is 92.3 Å². The molecule has 5 nitrogen and oxygen atoms in total. The maximum atomic E-state index is 13.6. The van der Waals surface area contributed by atoms with Crippen LogP contribution in [-0.4, -0.2) is 28.9 Å². The Hall–Kier alpha value is -2.82. The molecule has 2 atom stereocenters. The summed E-state index contributed by atoms with van der Waals surface area (Å²) >= 11 is 0. The number of carbonyl (C=O) groups is 2. The lowest BCUT2D eigenvalue weighted by Gasteiger charge is -2.41. The minimum absolute atomic E-state index is 0.0248. The molecule has 2 N–H and O–H groups in total. The second kappa shape index (κ2) is 16.8. The van der Waals surface area contributed by atoms with Crippen LogP contribution in [0.3, 0.4) is 0 Å². The van der Waals surface area contributed by atoms with Gasteiger partial charge in [0.15, 0.2) is 0 Å². The normalized spacial score (nSPS) is 14.8. The summed E-state index contributed by atoms with van der Waals surface area (Å²) in [5, 5.41) is 5.81. The van der Waals surface area contributed by atoms with Gasteiger partial charge >= 0.3 is 6.03 Å². The zero-order chi connectivity index (χ0) is 27.9. The SMILES string of the molecule is CC.CC.CC.CC[C@H]1Cc2ccccc2CN1C(=O)C(NC(=O)Nc1cccc(C)c1)C(C)(C)C. The number of hydrogen-bond acceptors (Lipinski definition) is 2. The number of nitrogens with one attached hydrogen (secondary N) is 2. The summed E-state index contributed by atoms with van der Waals surface area (Å²) in [4.78, 5) is 28.3. The van der Waals surface area contributed by atoms with Gasteiger partial charge in [-0.1, -0.05) is 106 Å². The standard InChI is InChI=1S/C25H33N3O2.3C2H6/c1-6-21-15-18-11-7-8-12-19(18)16-28(21)23(29)22(25(3,4)5)27-24(30)26-20-13-9-10-17(2)14-20;3*1-2/h7-14,21-22H,6,15-16H2,1-5H3,(H2,26,27,30);3*1-2H3/t21-,22?;;;/m0.../s1. The molecule has 1 aliphatic rings. The number of benzene rings is 2. The van der Waals surface area contributed by atoms with E-state index in [0.717, 1.165) is 18.4 Å². The quantitative estimate of drug-likeness (QED) is 0.450. The van der Waals surface area contributed by atoms with Crippen molar-refractivity contribution in [2.45, 2.75) is 108 Å². The monoisotopic (exact) mass is 497 g/mol. The van der Waals surface area contributed by atoms with Crippen molar-refractivity contribution in [3.05, 3.63) is 65.2 Å². The van der Waals surface area contributed by atoms with E-state index < -0.39 is 11.5 Å². The van der Waals surface area contributed by atoms with E-state index in [1.807, 2.05) is 104 Å². The van der Waals surface area contributed by atoms with Crippen LogP contribution in [0, 0.1) is 12.3 Å². The third kappa shape index (κ3) is 9.67. The van der Waals surface area contributed by atoms with Crippen molar-refractivity contribution in [3.63, 3.8) is 0 Å². The fraction of sp³-hybridized carbons (Fsp3) is 0.548. The average Bonchev–Trinajstić information content (AvgIpc) is 2.89. The van der Waals surface area contributed by atoms with Crippen LogP contribution < -0.4 is 10.6 Å². The smallest absolute Gasteiger partial charge is 0.319 e. The first-order valence-electron chi connectivity index (χ1n) is 13.7. The number of rotatable bonds is 4. The van der Waals surface area contributed by atoms with E-state index in [-0.39, 0.29) is 18.0 Å². The van der Waals surface area contributed by atoms with E-state index in [4.69, 9.17) is 0 Å². The number of aryl methyl sites for hydroxylation is 1. The van der Waals surface area contributed by atoms with E-state index in [1.54, 1.807) is 0 Å². The lowest BCUT2D eigenvalue weighted by atomic mass is 9.84. The Bertz CT molecular complexity index is 918. The molecule has 0 saturated carbocycles. The Morgan fingerprint density at radius 3 is 2.06 bits per heavy atom. The molecule has 1 unspecified atom stereocenters. The predicted molar refractivity (Wildman–Crippen MR) is 155 cm³/mol. The van der Waals surface area contributed by atoms with E-state index >= 15 is 0 Å². The number of carbonyl (C=O) groups excluding carboxylic acids is 2. The van der Waals surface area contributed by atoms with E-state index in [1.165, 1.54) is 11.1 Å². The van der Waals surface area contributed by atoms with E-state index in [2.05, 4.69) is 35.8 Å². The predicted octanol–water partition coefficient (Wildman–Crippen LogP) is 7.97. The highest BCUT2D eigenvalue weighted by Crippen LogP contribution is 2.29. The highest BCUT2D eigenvalue weighted by Gasteiger charge is 2.39. The molecule has 0 fully saturated rings. The van der Waals surface area contributed by atoms with Gasteiger partial charge in [0.05, 0.1) is 0 Å². The summed E-state index contributed by atoms with van der Waals surface area (Å²) in [7, 11) is 0. The second-order valence-electron chi connectivity index (χ2n) is 9.27. The summed E-state index contributed by atoms with van der Waals surface area (Å²) in [5.74, 6) is -0.0248. The summed E-state index contributed by atoms with van der Waals surface area (Å²) in [5.41, 5.74) is 3.86. The topological polar surface area (TPSA) is 61.4 Å². The van der Waals surface area contributed by atoms with Crippen LogP contribution in [0.25, 0.3) is 0 Å². The van der Waals surface area contributed by atoms with Crippen molar-refractivity contribution in [3.8, 4) is 0 Å². The molecule has 3 amide bonds. The number of urea groups is 1. The van der Waals surface area contributed by atoms with Gasteiger partial charge in [0.1, 0.15) is 6.04 Å². The Morgan fingerprint density at radius 1 is 0.944 bits per heavy atom. The van der Waals surface area contributed by atoms with Gasteiger partial charge in [0, 0.05) is 18.3 Å². The highest BCUT2D eigenvalue weighted by atomic mass is 16.2. The molecule has 202 valence electrons. The van der Waals surface area contributed by atoms with Crippen LogP contribution in [0.5, 0.6) is 0 Å². The van der Waals surface area contributed by atoms with E-state index in [0.29, 0.717) is 12.2 Å². The second-order valence-corrected chi connectivity index (χ2v) is 9.27. The zero-order valence-electron chi connectivity index (χ0n) is 24.7. The number of nitrogens with zero attached hydrogens (tertiary/aromatic N) is 1. The molecule has 2 aromatic carbocycles. The first kappa shape index (κ1) is 33.2. The van der Waals surface area contributed by atoms with Crippen LogP contribution in [0.2, 0.25) is 0 Å². The molecule has 0 aromatic heterocycles. The third-order valence-electron chi connectivity index (χ3n) is 5.77. The number of amides is 3. The molecule has 0 spiro atoms. The zero-order valence-corrected chi connectivity index (χ0v) is 24.7. The van der Waals surface area contributed by atoms with Crippen molar-refractivity contribution >= 4 is 17.6 Å². The minimum atomic E-state index is -0.623. The average molecular weight is 498 g/mol. The lowest BCUT2D eigenvalue weighted by molar-refractivity contribution is -0.139. The Balaban J connectivity index is 0.00000190. The molecule has 36 heavy (non-hydrogen) atoms. The van der Waals surface area contributed by atoms with Crippen LogP contribution >= 0.6 is 0 Å².